The normalized spacial score (nSPS) is 20.9. The molecule has 1 N–H and O–H groups in total. The summed E-state index contributed by atoms with van der Waals surface area (Å²) in [4.78, 5) is 13.9. The number of amides is 1. The van der Waals surface area contributed by atoms with Gasteiger partial charge in [-0.15, -0.1) is 0 Å². The van der Waals surface area contributed by atoms with E-state index in [1.54, 1.807) is 0 Å². The third kappa shape index (κ3) is 6.12. The van der Waals surface area contributed by atoms with Crippen molar-refractivity contribution in [1.29, 1.82) is 0 Å². The van der Waals surface area contributed by atoms with Crippen LogP contribution in [0, 0.1) is 11.3 Å². The number of ether oxygens (including phenoxy) is 1. The van der Waals surface area contributed by atoms with Crippen molar-refractivity contribution in [3.05, 3.63) is 0 Å². The van der Waals surface area contributed by atoms with Gasteiger partial charge in [-0.05, 0) is 57.8 Å². The van der Waals surface area contributed by atoms with Gasteiger partial charge in [0.05, 0.1) is 0 Å². The molecule has 0 aliphatic carbocycles. The van der Waals surface area contributed by atoms with Gasteiger partial charge >= 0.3 is 6.09 Å². The van der Waals surface area contributed by atoms with Crippen LogP contribution in [0.3, 0.4) is 0 Å². The molecule has 1 heterocycles. The quantitative estimate of drug-likeness (QED) is 0.861. The van der Waals surface area contributed by atoms with Crippen molar-refractivity contribution in [3.63, 3.8) is 0 Å². The first-order chi connectivity index (χ1) is 9.13. The lowest BCUT2D eigenvalue weighted by Gasteiger charge is -2.35. The van der Waals surface area contributed by atoms with E-state index in [2.05, 4.69) is 13.8 Å². The summed E-state index contributed by atoms with van der Waals surface area (Å²) in [6.45, 7) is 11.7. The van der Waals surface area contributed by atoms with E-state index in [4.69, 9.17) is 4.74 Å². The zero-order chi connectivity index (χ0) is 15.4. The molecule has 1 atom stereocenters. The highest BCUT2D eigenvalue weighted by molar-refractivity contribution is 5.68. The maximum Gasteiger partial charge on any atom is 0.410 e. The topological polar surface area (TPSA) is 49.8 Å². The lowest BCUT2D eigenvalue weighted by Crippen LogP contribution is -2.43. The Morgan fingerprint density at radius 3 is 2.50 bits per heavy atom. The number of carbonyl (C=O) groups excluding carboxylic acids is 1. The van der Waals surface area contributed by atoms with Gasteiger partial charge in [-0.2, -0.15) is 0 Å². The predicted octanol–water partition coefficient (Wildman–Crippen LogP) is 3.43. The fraction of sp³-hybridized carbons (Fsp3) is 0.938. The number of carbonyl (C=O) groups is 1. The van der Waals surface area contributed by atoms with E-state index in [0.29, 0.717) is 5.92 Å². The van der Waals surface area contributed by atoms with Crippen molar-refractivity contribution in [2.45, 2.75) is 65.9 Å². The van der Waals surface area contributed by atoms with Crippen LogP contribution in [0.4, 0.5) is 4.79 Å². The minimum atomic E-state index is -0.428. The summed E-state index contributed by atoms with van der Waals surface area (Å²) in [5.74, 6) is 0.530. The Bertz CT molecular complexity index is 320. The van der Waals surface area contributed by atoms with Crippen LogP contribution in [0.15, 0.2) is 0 Å². The van der Waals surface area contributed by atoms with Crippen LogP contribution in [0.2, 0.25) is 0 Å². The minimum Gasteiger partial charge on any atom is -0.444 e. The van der Waals surface area contributed by atoms with Gasteiger partial charge in [-0.3, -0.25) is 0 Å². The van der Waals surface area contributed by atoms with E-state index in [1.807, 2.05) is 25.7 Å². The number of piperidine rings is 1. The Morgan fingerprint density at radius 2 is 1.95 bits per heavy atom. The van der Waals surface area contributed by atoms with Gasteiger partial charge in [0.2, 0.25) is 0 Å². The second-order valence-corrected chi connectivity index (χ2v) is 7.80. The monoisotopic (exact) mass is 285 g/mol. The minimum absolute atomic E-state index is 0.0196. The van der Waals surface area contributed by atoms with Crippen LogP contribution in [0.5, 0.6) is 0 Å². The Labute approximate surface area is 123 Å². The van der Waals surface area contributed by atoms with Gasteiger partial charge in [-0.1, -0.05) is 13.8 Å². The summed E-state index contributed by atoms with van der Waals surface area (Å²) in [6, 6.07) is 0. The highest BCUT2D eigenvalue weighted by Crippen LogP contribution is 2.28. The largest absolute Gasteiger partial charge is 0.444 e. The third-order valence-corrected chi connectivity index (χ3v) is 3.83. The molecule has 118 valence electrons. The number of rotatable bonds is 4. The van der Waals surface area contributed by atoms with Gasteiger partial charge in [0.1, 0.15) is 5.60 Å². The Balaban J connectivity index is 2.44. The Kier molecular flexibility index (Phi) is 5.87. The van der Waals surface area contributed by atoms with Gasteiger partial charge in [0.25, 0.3) is 0 Å². The van der Waals surface area contributed by atoms with E-state index < -0.39 is 5.60 Å². The first-order valence-corrected chi connectivity index (χ1v) is 7.72. The molecule has 1 unspecified atom stereocenters. The third-order valence-electron chi connectivity index (χ3n) is 3.83. The second kappa shape index (κ2) is 6.79. The van der Waals surface area contributed by atoms with Crippen molar-refractivity contribution in [3.8, 4) is 0 Å². The van der Waals surface area contributed by atoms with Gasteiger partial charge in [0, 0.05) is 19.7 Å². The molecule has 0 aromatic carbocycles. The number of likely N-dealkylation sites (tertiary alicyclic amines) is 1. The molecule has 20 heavy (non-hydrogen) atoms. The van der Waals surface area contributed by atoms with Crippen LogP contribution in [-0.4, -0.2) is 41.4 Å². The average molecular weight is 285 g/mol. The number of aliphatic hydroxyl groups excluding tert-OH is 1. The molecule has 0 spiro atoms. The molecule has 1 aliphatic heterocycles. The molecule has 1 saturated heterocycles. The van der Waals surface area contributed by atoms with Crippen LogP contribution in [-0.2, 0) is 4.74 Å². The number of aliphatic hydroxyl groups is 1. The second-order valence-electron chi connectivity index (χ2n) is 7.80. The highest BCUT2D eigenvalue weighted by atomic mass is 16.6. The molecule has 1 fully saturated rings. The van der Waals surface area contributed by atoms with Crippen LogP contribution in [0.25, 0.3) is 0 Å². The fourth-order valence-corrected chi connectivity index (χ4v) is 2.47. The molecule has 1 amide bonds. The molecule has 0 saturated carbocycles. The smallest absolute Gasteiger partial charge is 0.410 e. The maximum atomic E-state index is 12.1. The number of hydrogen-bond acceptors (Lipinski definition) is 3. The van der Waals surface area contributed by atoms with Gasteiger partial charge < -0.3 is 14.7 Å². The molecular weight excluding hydrogens is 254 g/mol. The number of hydrogen-bond donors (Lipinski definition) is 1. The van der Waals surface area contributed by atoms with E-state index in [9.17, 15) is 9.90 Å². The first kappa shape index (κ1) is 17.3. The van der Waals surface area contributed by atoms with Crippen LogP contribution >= 0.6 is 0 Å². The zero-order valence-electron chi connectivity index (χ0n) is 13.7. The molecule has 0 bridgehead atoms. The Hall–Kier alpha value is -0.770. The van der Waals surface area contributed by atoms with Gasteiger partial charge in [0.15, 0.2) is 0 Å². The molecule has 0 aromatic rings. The highest BCUT2D eigenvalue weighted by Gasteiger charge is 2.28. The molecule has 4 heteroatoms. The molecule has 4 nitrogen and oxygen atoms in total. The predicted molar refractivity (Wildman–Crippen MR) is 80.6 cm³/mol. The first-order valence-electron chi connectivity index (χ1n) is 7.72. The van der Waals surface area contributed by atoms with Crippen LogP contribution < -0.4 is 0 Å². The lowest BCUT2D eigenvalue weighted by atomic mass is 9.83. The van der Waals surface area contributed by atoms with Crippen LogP contribution in [0.1, 0.15) is 60.3 Å². The molecular formula is C16H31NO3. The Morgan fingerprint density at radius 1 is 1.30 bits per heavy atom. The van der Waals surface area contributed by atoms with E-state index in [0.717, 1.165) is 32.4 Å². The van der Waals surface area contributed by atoms with Gasteiger partial charge in [-0.25, -0.2) is 4.79 Å². The summed E-state index contributed by atoms with van der Waals surface area (Å²) in [5, 5.41) is 9.31. The molecule has 0 aromatic heterocycles. The summed E-state index contributed by atoms with van der Waals surface area (Å²) in [5.41, 5.74) is -0.447. The fourth-order valence-electron chi connectivity index (χ4n) is 2.47. The maximum absolute atomic E-state index is 12.1. The van der Waals surface area contributed by atoms with Crippen molar-refractivity contribution in [2.24, 2.45) is 11.3 Å². The summed E-state index contributed by atoms with van der Waals surface area (Å²) in [7, 11) is 0. The van der Waals surface area contributed by atoms with Crippen molar-refractivity contribution < 1.29 is 14.6 Å². The van der Waals surface area contributed by atoms with E-state index in [-0.39, 0.29) is 18.1 Å². The lowest BCUT2D eigenvalue weighted by molar-refractivity contribution is 0.0151. The summed E-state index contributed by atoms with van der Waals surface area (Å²) < 4.78 is 5.44. The van der Waals surface area contributed by atoms with Crippen molar-refractivity contribution in [1.82, 2.24) is 4.90 Å². The van der Waals surface area contributed by atoms with E-state index in [1.165, 1.54) is 6.42 Å². The van der Waals surface area contributed by atoms with E-state index >= 15 is 0 Å². The average Bonchev–Trinajstić information content (AvgIpc) is 2.35. The SMILES string of the molecule is CC(C)(CO)CCC1CCCN(C(=O)OC(C)(C)C)C1. The van der Waals surface area contributed by atoms with Crippen molar-refractivity contribution in [2.75, 3.05) is 19.7 Å². The molecule has 0 radical (unpaired) electrons. The molecule has 1 aliphatic rings. The molecule has 1 rings (SSSR count). The summed E-state index contributed by atoms with van der Waals surface area (Å²) >= 11 is 0. The zero-order valence-corrected chi connectivity index (χ0v) is 13.7. The van der Waals surface area contributed by atoms with Crippen molar-refractivity contribution >= 4 is 6.09 Å². The number of nitrogens with zero attached hydrogens (tertiary/aromatic N) is 1. The summed E-state index contributed by atoms with van der Waals surface area (Å²) in [6.07, 6.45) is 4.08. The standard InChI is InChI=1S/C16H31NO3/c1-15(2,3)20-14(19)17-10-6-7-13(11-17)8-9-16(4,5)12-18/h13,18H,6-12H2,1-5H3.